The number of amides is 2. The number of β-amino-alcohol motifs (C(OH)–C–C–N with tert-alkyl or cyclic N) is 1. The van der Waals surface area contributed by atoms with Gasteiger partial charge in [0.05, 0.1) is 23.7 Å². The van der Waals surface area contributed by atoms with Gasteiger partial charge in [0.2, 0.25) is 0 Å². The molecule has 11 heteroatoms. The molecule has 0 saturated carbocycles. The van der Waals surface area contributed by atoms with Crippen LogP contribution in [0.5, 0.6) is 0 Å². The molecule has 9 nitrogen and oxygen atoms in total. The standard InChI is InChI=1S/C35H37Cl2N5O4/c36-27-11-9-25(10-12-27)22-38-13-17-41(18-14-38)35(42-19-15-39(16-20-42)33(44)28-6-2-3-7-29(28)37)24-40(23-32(35)43)34(45)31-21-26-5-1-4-8-30(26)46-31/h1-12,21,32,43H,13-20,22-24H2. The van der Waals surface area contributed by atoms with Crippen molar-refractivity contribution < 1.29 is 19.1 Å². The molecule has 240 valence electrons. The first kappa shape index (κ1) is 31.2. The first-order chi connectivity index (χ1) is 22.3. The molecule has 0 aliphatic carbocycles. The molecule has 3 aromatic carbocycles. The maximum Gasteiger partial charge on any atom is 0.289 e. The number of carbonyl (C=O) groups excluding carboxylic acids is 2. The average molecular weight is 663 g/mol. The third-order valence-corrected chi connectivity index (χ3v) is 10.3. The van der Waals surface area contributed by atoms with Crippen molar-refractivity contribution in [3.8, 4) is 0 Å². The molecule has 3 saturated heterocycles. The number of likely N-dealkylation sites (tertiary alicyclic amines) is 1. The van der Waals surface area contributed by atoms with Gasteiger partial charge in [0, 0.05) is 69.3 Å². The second-order valence-electron chi connectivity index (χ2n) is 12.4. The average Bonchev–Trinajstić information content (AvgIpc) is 3.68. The third-order valence-electron chi connectivity index (χ3n) is 9.73. The Hall–Kier alpha value is -3.44. The second kappa shape index (κ2) is 13.0. The quantitative estimate of drug-likeness (QED) is 0.325. The molecule has 0 bridgehead atoms. The van der Waals surface area contributed by atoms with E-state index in [1.807, 2.05) is 53.4 Å². The number of benzene rings is 3. The van der Waals surface area contributed by atoms with Crippen molar-refractivity contribution in [1.82, 2.24) is 24.5 Å². The van der Waals surface area contributed by atoms with Gasteiger partial charge in [-0.05, 0) is 42.0 Å². The molecule has 2 unspecified atom stereocenters. The van der Waals surface area contributed by atoms with E-state index in [0.29, 0.717) is 48.9 Å². The third kappa shape index (κ3) is 5.92. The smallest absolute Gasteiger partial charge is 0.289 e. The summed E-state index contributed by atoms with van der Waals surface area (Å²) >= 11 is 12.4. The number of aliphatic hydroxyl groups is 1. The molecule has 2 amide bonds. The molecular weight excluding hydrogens is 625 g/mol. The zero-order valence-electron chi connectivity index (χ0n) is 25.5. The van der Waals surface area contributed by atoms with Crippen LogP contribution in [0.15, 0.2) is 83.3 Å². The summed E-state index contributed by atoms with van der Waals surface area (Å²) in [7, 11) is 0. The van der Waals surface area contributed by atoms with Crippen LogP contribution in [0, 0.1) is 0 Å². The van der Waals surface area contributed by atoms with Gasteiger partial charge in [-0.25, -0.2) is 0 Å². The normalized spacial score (nSPS) is 23.3. The zero-order valence-corrected chi connectivity index (χ0v) is 27.0. The SMILES string of the molecule is O=C(c1cc2ccccc2o1)N1CC(O)C(N2CCN(Cc3ccc(Cl)cc3)CC2)(N2CCN(C(=O)c3ccccc3Cl)CC2)C1. The molecule has 46 heavy (non-hydrogen) atoms. The van der Waals surface area contributed by atoms with E-state index in [1.54, 1.807) is 23.1 Å². The van der Waals surface area contributed by atoms with Crippen molar-refractivity contribution >= 4 is 46.0 Å². The summed E-state index contributed by atoms with van der Waals surface area (Å²) in [5, 5.41) is 14.0. The lowest BCUT2D eigenvalue weighted by Crippen LogP contribution is -2.72. The van der Waals surface area contributed by atoms with E-state index < -0.39 is 11.8 Å². The number of furan rings is 1. The van der Waals surface area contributed by atoms with Crippen LogP contribution in [0.3, 0.4) is 0 Å². The lowest BCUT2D eigenvalue weighted by molar-refractivity contribution is -0.133. The van der Waals surface area contributed by atoms with E-state index in [4.69, 9.17) is 27.6 Å². The highest BCUT2D eigenvalue weighted by Crippen LogP contribution is 2.36. The van der Waals surface area contributed by atoms with Crippen LogP contribution in [0.2, 0.25) is 10.0 Å². The van der Waals surface area contributed by atoms with Gasteiger partial charge in [-0.1, -0.05) is 65.7 Å². The topological polar surface area (TPSA) is 83.7 Å². The number of nitrogens with zero attached hydrogens (tertiary/aromatic N) is 5. The Kier molecular flexibility index (Phi) is 8.80. The summed E-state index contributed by atoms with van der Waals surface area (Å²) in [5.41, 5.74) is 1.56. The Labute approximate surface area is 278 Å². The van der Waals surface area contributed by atoms with Crippen molar-refractivity contribution in [3.63, 3.8) is 0 Å². The number of para-hydroxylation sites is 1. The van der Waals surface area contributed by atoms with E-state index in [1.165, 1.54) is 5.56 Å². The number of carbonyl (C=O) groups is 2. The first-order valence-corrected chi connectivity index (χ1v) is 16.5. The van der Waals surface area contributed by atoms with E-state index in [0.717, 1.165) is 43.1 Å². The molecule has 3 aliphatic rings. The molecule has 1 aromatic heterocycles. The summed E-state index contributed by atoms with van der Waals surface area (Å²) in [5.74, 6) is -0.0538. The lowest BCUT2D eigenvalue weighted by Gasteiger charge is -2.54. The Morgan fingerprint density at radius 3 is 2.13 bits per heavy atom. The Bertz CT molecular complexity index is 1680. The summed E-state index contributed by atoms with van der Waals surface area (Å²) < 4.78 is 5.94. The molecule has 0 radical (unpaired) electrons. The van der Waals surface area contributed by atoms with Crippen LogP contribution >= 0.6 is 23.2 Å². The summed E-state index contributed by atoms with van der Waals surface area (Å²) in [6.45, 7) is 6.56. The van der Waals surface area contributed by atoms with Crippen LogP contribution in [0.4, 0.5) is 0 Å². The number of fused-ring (bicyclic) bond motifs is 1. The van der Waals surface area contributed by atoms with Gasteiger partial charge in [-0.3, -0.25) is 24.3 Å². The van der Waals surface area contributed by atoms with Gasteiger partial charge in [0.1, 0.15) is 17.3 Å². The maximum absolute atomic E-state index is 13.8. The van der Waals surface area contributed by atoms with Gasteiger partial charge in [0.25, 0.3) is 11.8 Å². The highest BCUT2D eigenvalue weighted by molar-refractivity contribution is 6.33. The van der Waals surface area contributed by atoms with Crippen LogP contribution in [0.1, 0.15) is 26.5 Å². The predicted molar refractivity (Wildman–Crippen MR) is 178 cm³/mol. The maximum atomic E-state index is 13.8. The van der Waals surface area contributed by atoms with Crippen LogP contribution < -0.4 is 0 Å². The second-order valence-corrected chi connectivity index (χ2v) is 13.2. The highest BCUT2D eigenvalue weighted by atomic mass is 35.5. The van der Waals surface area contributed by atoms with E-state index >= 15 is 0 Å². The van der Waals surface area contributed by atoms with Crippen molar-refractivity contribution in [3.05, 3.63) is 106 Å². The number of piperazine rings is 2. The fourth-order valence-corrected chi connectivity index (χ4v) is 7.61. The van der Waals surface area contributed by atoms with Gasteiger partial charge >= 0.3 is 0 Å². The Morgan fingerprint density at radius 2 is 1.43 bits per heavy atom. The molecule has 3 fully saturated rings. The molecule has 4 heterocycles. The molecule has 2 atom stereocenters. The van der Waals surface area contributed by atoms with Crippen LogP contribution in [0.25, 0.3) is 11.0 Å². The van der Waals surface area contributed by atoms with E-state index in [2.05, 4.69) is 26.8 Å². The fraction of sp³-hybridized carbons (Fsp3) is 0.371. The molecule has 0 spiro atoms. The minimum atomic E-state index is -0.811. The van der Waals surface area contributed by atoms with E-state index in [9.17, 15) is 14.7 Å². The monoisotopic (exact) mass is 661 g/mol. The minimum Gasteiger partial charge on any atom is -0.451 e. The number of rotatable bonds is 6. The van der Waals surface area contributed by atoms with E-state index in [-0.39, 0.29) is 24.1 Å². The van der Waals surface area contributed by atoms with Gasteiger partial charge in [-0.2, -0.15) is 0 Å². The first-order valence-electron chi connectivity index (χ1n) is 15.8. The number of aliphatic hydroxyl groups excluding tert-OH is 1. The Balaban J connectivity index is 1.11. The highest BCUT2D eigenvalue weighted by Gasteiger charge is 2.56. The van der Waals surface area contributed by atoms with Crippen molar-refractivity contribution in [2.24, 2.45) is 0 Å². The van der Waals surface area contributed by atoms with Crippen molar-refractivity contribution in [2.75, 3.05) is 65.4 Å². The summed E-state index contributed by atoms with van der Waals surface area (Å²) in [6, 6.07) is 24.4. The molecule has 7 rings (SSSR count). The largest absolute Gasteiger partial charge is 0.451 e. The fourth-order valence-electron chi connectivity index (χ4n) is 7.27. The lowest BCUT2D eigenvalue weighted by atomic mass is 9.98. The predicted octanol–water partition coefficient (Wildman–Crippen LogP) is 4.53. The zero-order chi connectivity index (χ0) is 31.8. The number of hydrogen-bond donors (Lipinski definition) is 1. The van der Waals surface area contributed by atoms with Crippen LogP contribution in [-0.4, -0.2) is 119 Å². The number of halogens is 2. The molecule has 3 aliphatic heterocycles. The summed E-state index contributed by atoms with van der Waals surface area (Å²) in [4.78, 5) is 37.8. The van der Waals surface area contributed by atoms with Crippen LogP contribution in [-0.2, 0) is 6.54 Å². The van der Waals surface area contributed by atoms with Gasteiger partial charge in [0.15, 0.2) is 5.76 Å². The Morgan fingerprint density at radius 1 is 0.783 bits per heavy atom. The summed E-state index contributed by atoms with van der Waals surface area (Å²) in [6.07, 6.45) is -0.811. The molecule has 1 N–H and O–H groups in total. The molecular formula is C35H37Cl2N5O4. The number of hydrogen-bond acceptors (Lipinski definition) is 7. The van der Waals surface area contributed by atoms with Crippen molar-refractivity contribution in [2.45, 2.75) is 18.3 Å². The van der Waals surface area contributed by atoms with Crippen molar-refractivity contribution in [1.29, 1.82) is 0 Å². The molecule has 4 aromatic rings. The van der Waals surface area contributed by atoms with Gasteiger partial charge < -0.3 is 19.3 Å². The van der Waals surface area contributed by atoms with Gasteiger partial charge in [-0.15, -0.1) is 0 Å². The minimum absolute atomic E-state index is 0.0937.